The molecule has 1 saturated heterocycles. The van der Waals surface area contributed by atoms with Crippen molar-refractivity contribution in [1.29, 1.82) is 0 Å². The van der Waals surface area contributed by atoms with Crippen LogP contribution in [0.25, 0.3) is 21.8 Å². The topological polar surface area (TPSA) is 247 Å². The van der Waals surface area contributed by atoms with Gasteiger partial charge in [0.05, 0.1) is 12.3 Å². The summed E-state index contributed by atoms with van der Waals surface area (Å²) in [7, 11) is 5.28. The highest BCUT2D eigenvalue weighted by molar-refractivity contribution is 7.99. The molecule has 0 aliphatic carbocycles. The Bertz CT molecular complexity index is 3410. The van der Waals surface area contributed by atoms with Gasteiger partial charge in [-0.05, 0) is 64.4 Å². The lowest BCUT2D eigenvalue weighted by Gasteiger charge is -2.32. The highest BCUT2D eigenvalue weighted by Gasteiger charge is 2.36. The van der Waals surface area contributed by atoms with Crippen LogP contribution in [0.3, 0.4) is 0 Å². The number of hydrogen-bond donors (Lipinski definition) is 7. The second kappa shape index (κ2) is 28.8. The van der Waals surface area contributed by atoms with Crippen LogP contribution in [0.1, 0.15) is 48.1 Å². The van der Waals surface area contributed by atoms with E-state index in [9.17, 15) is 28.8 Å². The maximum Gasteiger partial charge on any atom is 0.245 e. The molecule has 20 heteroatoms. The van der Waals surface area contributed by atoms with E-state index in [0.29, 0.717) is 5.56 Å². The van der Waals surface area contributed by atoms with Gasteiger partial charge in [0.15, 0.2) is 0 Å². The van der Waals surface area contributed by atoms with Crippen molar-refractivity contribution in [1.82, 2.24) is 56.2 Å². The molecule has 4 aromatic carbocycles. The van der Waals surface area contributed by atoms with Gasteiger partial charge in [0.25, 0.3) is 0 Å². The molecule has 0 bridgehead atoms. The van der Waals surface area contributed by atoms with Gasteiger partial charge in [-0.2, -0.15) is 11.8 Å². The van der Waals surface area contributed by atoms with Crippen LogP contribution in [-0.4, -0.2) is 134 Å². The molecule has 3 aromatic heterocycles. The van der Waals surface area contributed by atoms with Crippen molar-refractivity contribution < 1.29 is 38.4 Å². The molecule has 19 nitrogen and oxygen atoms in total. The van der Waals surface area contributed by atoms with Gasteiger partial charge >= 0.3 is 0 Å². The summed E-state index contributed by atoms with van der Waals surface area (Å²) in [6.45, 7) is 3.26. The molecule has 1 aliphatic rings. The number of thioether (sulfide) groups is 1. The third-order valence-corrected chi connectivity index (χ3v) is 15.7. The fourth-order valence-electron chi connectivity index (χ4n) is 10.5. The number of nitrogens with one attached hydrogen (secondary N) is 7. The molecule has 434 valence electrons. The highest BCUT2D eigenvalue weighted by Crippen LogP contribution is 2.25. The molecular formula is C63H73N11O8S. The molecule has 1 fully saturated rings. The minimum absolute atomic E-state index is 0.00203. The van der Waals surface area contributed by atoms with Crippen LogP contribution < -0.4 is 37.2 Å². The summed E-state index contributed by atoms with van der Waals surface area (Å²) in [5.74, 6) is -4.85. The third-order valence-electron chi connectivity index (χ3n) is 14.8. The second-order valence-electron chi connectivity index (χ2n) is 21.5. The smallest absolute Gasteiger partial charge is 0.245 e. The summed E-state index contributed by atoms with van der Waals surface area (Å²) in [4.78, 5) is 122. The quantitative estimate of drug-likeness (QED) is 0.0932. The van der Waals surface area contributed by atoms with E-state index < -0.39 is 90.1 Å². The predicted octanol–water partition coefficient (Wildman–Crippen LogP) is 3.85. The first-order chi connectivity index (χ1) is 40.0. The normalized spacial score (nSPS) is 20.9. The molecule has 1 aliphatic heterocycles. The number of para-hydroxylation sites is 2. The van der Waals surface area contributed by atoms with Crippen molar-refractivity contribution in [2.24, 2.45) is 20.0 Å². The Morgan fingerprint density at radius 2 is 0.964 bits per heavy atom. The zero-order chi connectivity index (χ0) is 59.0. The van der Waals surface area contributed by atoms with Crippen LogP contribution in [0.5, 0.6) is 0 Å². The lowest BCUT2D eigenvalue weighted by molar-refractivity contribution is -0.142. The summed E-state index contributed by atoms with van der Waals surface area (Å²) in [6.07, 6.45) is 7.29. The number of pyridine rings is 1. The number of aromatic nitrogens is 3. The van der Waals surface area contributed by atoms with Crippen LogP contribution in [0.2, 0.25) is 0 Å². The molecule has 8 amide bonds. The lowest BCUT2D eigenvalue weighted by atomic mass is 9.99. The van der Waals surface area contributed by atoms with Crippen LogP contribution >= 0.6 is 11.8 Å². The van der Waals surface area contributed by atoms with Gasteiger partial charge in [0, 0.05) is 112 Å². The molecule has 0 saturated carbocycles. The number of carbonyl (C=O) groups excluding carboxylic acids is 8. The van der Waals surface area contributed by atoms with E-state index in [0.717, 1.165) is 44.1 Å². The Morgan fingerprint density at radius 1 is 0.494 bits per heavy atom. The summed E-state index contributed by atoms with van der Waals surface area (Å²) >= 11 is 1.23. The number of aryl methyl sites for hydroxylation is 2. The summed E-state index contributed by atoms with van der Waals surface area (Å²) in [5, 5.41) is 21.9. The van der Waals surface area contributed by atoms with E-state index >= 15 is 9.59 Å². The molecule has 0 unspecified atom stereocenters. The largest absolute Gasteiger partial charge is 0.353 e. The summed E-state index contributed by atoms with van der Waals surface area (Å²) in [6, 6.07) is 29.9. The predicted molar refractivity (Wildman–Crippen MR) is 320 cm³/mol. The molecule has 6 atom stereocenters. The zero-order valence-corrected chi connectivity index (χ0v) is 48.2. The molecular weight excluding hydrogens is 1070 g/mol. The fraction of sp³-hybridized carbons (Fsp3) is 0.349. The molecule has 4 heterocycles. The Kier molecular flexibility index (Phi) is 20.9. The van der Waals surface area contributed by atoms with E-state index in [-0.39, 0.29) is 62.5 Å². The van der Waals surface area contributed by atoms with Gasteiger partial charge in [-0.3, -0.25) is 43.3 Å². The third kappa shape index (κ3) is 16.5. The van der Waals surface area contributed by atoms with E-state index in [4.69, 9.17) is 0 Å². The van der Waals surface area contributed by atoms with Crippen LogP contribution in [-0.2, 0) is 84.6 Å². The van der Waals surface area contributed by atoms with E-state index in [1.54, 1.807) is 24.5 Å². The average Bonchev–Trinajstić information content (AvgIpc) is 4.19. The minimum Gasteiger partial charge on any atom is -0.353 e. The number of amides is 8. The molecule has 7 N–H and O–H groups in total. The Hall–Kier alpha value is -8.78. The number of fused-ring (bicyclic) bond motifs is 2. The number of rotatable bonds is 12. The lowest BCUT2D eigenvalue weighted by Crippen LogP contribution is -2.59. The Labute approximate surface area is 487 Å². The van der Waals surface area contributed by atoms with Crippen molar-refractivity contribution in [2.75, 3.05) is 31.6 Å². The van der Waals surface area contributed by atoms with Crippen molar-refractivity contribution in [3.63, 3.8) is 0 Å². The van der Waals surface area contributed by atoms with Crippen molar-refractivity contribution in [3.8, 4) is 0 Å². The first kappa shape index (κ1) is 60.3. The van der Waals surface area contributed by atoms with Gasteiger partial charge in [0.2, 0.25) is 47.3 Å². The standard InChI is InChI=1S/C63H73N11O8S/c1-40(2)30-48-59(78)66-36-56(75)68-52(35-45-38-73(4)54-23-15-13-21-47(45)54)63(82)74(5)55(33-42-18-10-7-11-19-42)62(81)71-51(34-44-37-72(3)53-22-14-12-20-46(44)53)58(77)65-28-29-83-39-57(76)67-49(31-41-16-8-6-9-17-41)60(79)70-50(61(80)69-48)32-43-24-26-64-27-25-43/h6-27,37-38,40,48-52,55H,28-36,39H2,1-5H3,(H,65,77)(H,66,78)(H,67,76)(H,68,75)(H,69,80)(H,70,79)(H,71,81)/t48-,49-,50-,51-,52-,55-/m0/s1. The van der Waals surface area contributed by atoms with E-state index in [1.807, 2.05) is 159 Å². The van der Waals surface area contributed by atoms with Crippen LogP contribution in [0.4, 0.5) is 0 Å². The second-order valence-corrected chi connectivity index (χ2v) is 22.6. The minimum atomic E-state index is -1.27. The van der Waals surface area contributed by atoms with Gasteiger partial charge in [0.1, 0.15) is 36.3 Å². The first-order valence-electron chi connectivity index (χ1n) is 27.9. The first-order valence-corrected chi connectivity index (χ1v) is 29.1. The van der Waals surface area contributed by atoms with Crippen LogP contribution in [0.15, 0.2) is 146 Å². The summed E-state index contributed by atoms with van der Waals surface area (Å²) < 4.78 is 3.87. The molecule has 83 heavy (non-hydrogen) atoms. The van der Waals surface area contributed by atoms with Crippen molar-refractivity contribution in [3.05, 3.63) is 174 Å². The Morgan fingerprint density at radius 3 is 1.55 bits per heavy atom. The van der Waals surface area contributed by atoms with Gasteiger partial charge < -0.3 is 51.3 Å². The SMILES string of the molecule is CC(C)C[C@@H]1NC(=O)[C@H](Cc2ccncc2)NC(=O)[C@H](Cc2ccccc2)NC(=O)CSCCNC(=O)[C@H](Cc2cn(C)c3ccccc23)NC(=O)[C@H](Cc2ccccc2)N(C)C(=O)[C@H](Cc2cn(C)c3ccccc23)NC(=O)CNC1=O. The van der Waals surface area contributed by atoms with Gasteiger partial charge in [-0.1, -0.05) is 111 Å². The maximum atomic E-state index is 15.3. The zero-order valence-electron chi connectivity index (χ0n) is 47.4. The number of hydrogen-bond acceptors (Lipinski definition) is 10. The number of benzene rings is 4. The summed E-state index contributed by atoms with van der Waals surface area (Å²) in [5.41, 5.74) is 5.50. The van der Waals surface area contributed by atoms with Crippen molar-refractivity contribution >= 4 is 80.8 Å². The maximum absolute atomic E-state index is 15.3. The molecule has 0 radical (unpaired) electrons. The van der Waals surface area contributed by atoms with Crippen LogP contribution in [0, 0.1) is 5.92 Å². The van der Waals surface area contributed by atoms with E-state index in [2.05, 4.69) is 42.2 Å². The van der Waals surface area contributed by atoms with Crippen molar-refractivity contribution in [2.45, 2.75) is 88.6 Å². The number of nitrogens with zero attached hydrogens (tertiary/aromatic N) is 4. The molecule has 8 rings (SSSR count). The number of likely N-dealkylation sites (N-methyl/N-ethyl adjacent to an activating group) is 1. The van der Waals surface area contributed by atoms with Gasteiger partial charge in [-0.15, -0.1) is 0 Å². The number of carbonyl (C=O) groups is 8. The highest BCUT2D eigenvalue weighted by atomic mass is 32.2. The molecule has 0 spiro atoms. The monoisotopic (exact) mass is 1140 g/mol. The van der Waals surface area contributed by atoms with E-state index in [1.165, 1.54) is 23.7 Å². The fourth-order valence-corrected chi connectivity index (χ4v) is 11.2. The Balaban J connectivity index is 1.14. The van der Waals surface area contributed by atoms with Gasteiger partial charge in [-0.25, -0.2) is 0 Å². The average molecular weight is 1140 g/mol. The molecule has 7 aromatic rings.